The smallest absolute Gasteiger partial charge is 0.422 e. The largest absolute Gasteiger partial charge is 0.444 e. The number of hydrogen-bond donors (Lipinski definition) is 2. The second-order valence-electron chi connectivity index (χ2n) is 10.8. The minimum Gasteiger partial charge on any atom is -0.444 e. The number of aryl methyl sites for hydroxylation is 2. The third-order valence-electron chi connectivity index (χ3n) is 6.13. The van der Waals surface area contributed by atoms with Crippen LogP contribution in [0.4, 0.5) is 25.4 Å². The number of nitrogens with one attached hydrogen (secondary N) is 1. The van der Waals surface area contributed by atoms with E-state index in [4.69, 9.17) is 25.8 Å². The van der Waals surface area contributed by atoms with Crippen molar-refractivity contribution >= 4 is 46.9 Å². The number of ketones is 1. The third kappa shape index (κ3) is 8.77. The lowest BCUT2D eigenvalue weighted by molar-refractivity contribution is -0.168. The molecule has 0 saturated heterocycles. The van der Waals surface area contributed by atoms with Gasteiger partial charge >= 0.3 is 18.2 Å². The van der Waals surface area contributed by atoms with Crippen LogP contribution >= 0.6 is 11.6 Å². The molecule has 0 radical (unpaired) electrons. The molecular weight excluding hydrogens is 595 g/mol. The highest BCUT2D eigenvalue weighted by atomic mass is 35.5. The van der Waals surface area contributed by atoms with Gasteiger partial charge in [0, 0.05) is 18.1 Å². The number of aliphatic hydroxyl groups is 1. The summed E-state index contributed by atoms with van der Waals surface area (Å²) in [4.78, 5) is 52.4. The monoisotopic (exact) mass is 628 g/mol. The zero-order chi connectivity index (χ0) is 32.8. The van der Waals surface area contributed by atoms with E-state index in [1.807, 2.05) is 6.07 Å². The maximum absolute atomic E-state index is 13.9. The summed E-state index contributed by atoms with van der Waals surface area (Å²) < 4.78 is 29.5. The normalized spacial score (nSPS) is 12.5. The molecule has 0 saturated carbocycles. The second-order valence-corrected chi connectivity index (χ2v) is 11.3. The van der Waals surface area contributed by atoms with E-state index in [1.165, 1.54) is 37.3 Å². The lowest BCUT2D eigenvalue weighted by Gasteiger charge is -2.27. The van der Waals surface area contributed by atoms with Crippen LogP contribution in [-0.2, 0) is 19.0 Å². The van der Waals surface area contributed by atoms with Gasteiger partial charge in [0.25, 0.3) is 0 Å². The van der Waals surface area contributed by atoms with E-state index in [0.29, 0.717) is 11.1 Å². The molecule has 3 rings (SSSR count). The topological polar surface area (TPSA) is 131 Å². The predicted octanol–water partition coefficient (Wildman–Crippen LogP) is 6.38. The highest BCUT2D eigenvalue weighted by Crippen LogP contribution is 2.34. The van der Waals surface area contributed by atoms with Crippen molar-refractivity contribution in [2.75, 3.05) is 11.5 Å². The summed E-state index contributed by atoms with van der Waals surface area (Å²) in [5, 5.41) is 11.8. The van der Waals surface area contributed by atoms with Crippen LogP contribution in [0, 0.1) is 19.7 Å². The van der Waals surface area contributed by atoms with Crippen molar-refractivity contribution in [1.82, 2.24) is 5.32 Å². The summed E-state index contributed by atoms with van der Waals surface area (Å²) >= 11 is 6.54. The molecule has 0 aliphatic rings. The first-order valence-electron chi connectivity index (χ1n) is 13.6. The summed E-state index contributed by atoms with van der Waals surface area (Å²) in [6.07, 6.45) is -3.49. The van der Waals surface area contributed by atoms with Gasteiger partial charge in [0.1, 0.15) is 11.4 Å². The third-order valence-corrected chi connectivity index (χ3v) is 6.45. The van der Waals surface area contributed by atoms with E-state index in [0.717, 1.165) is 16.5 Å². The first-order valence-corrected chi connectivity index (χ1v) is 14.0. The van der Waals surface area contributed by atoms with Gasteiger partial charge in [0.2, 0.25) is 6.29 Å². The van der Waals surface area contributed by atoms with Gasteiger partial charge in [-0.25, -0.2) is 23.7 Å². The molecule has 12 heteroatoms. The van der Waals surface area contributed by atoms with Crippen molar-refractivity contribution in [3.63, 3.8) is 0 Å². The number of hydrogen-bond acceptors (Lipinski definition) is 8. The summed E-state index contributed by atoms with van der Waals surface area (Å²) in [7, 11) is 0. The van der Waals surface area contributed by atoms with Gasteiger partial charge in [-0.3, -0.25) is 4.79 Å². The van der Waals surface area contributed by atoms with Crippen LogP contribution in [0.3, 0.4) is 0 Å². The van der Waals surface area contributed by atoms with Gasteiger partial charge in [-0.15, -0.1) is 0 Å². The zero-order valence-electron chi connectivity index (χ0n) is 25.1. The minimum absolute atomic E-state index is 0.0480. The molecular formula is C32H34ClFN2O8. The summed E-state index contributed by atoms with van der Waals surface area (Å²) in [6, 6.07) is 13.6. The summed E-state index contributed by atoms with van der Waals surface area (Å²) in [5.41, 5.74) is 1.34. The van der Waals surface area contributed by atoms with Gasteiger partial charge in [-0.1, -0.05) is 35.9 Å². The highest BCUT2D eigenvalue weighted by Gasteiger charge is 2.30. The van der Waals surface area contributed by atoms with Crippen molar-refractivity contribution in [3.8, 4) is 0 Å². The van der Waals surface area contributed by atoms with Crippen LogP contribution in [0.5, 0.6) is 0 Å². The Morgan fingerprint density at radius 3 is 2.23 bits per heavy atom. The van der Waals surface area contributed by atoms with Gasteiger partial charge in [-0.2, -0.15) is 0 Å². The van der Waals surface area contributed by atoms with Crippen molar-refractivity contribution in [1.29, 1.82) is 0 Å². The molecule has 2 N–H and O–H groups in total. The average molecular weight is 629 g/mol. The van der Waals surface area contributed by atoms with E-state index in [2.05, 4.69) is 5.32 Å². The molecule has 234 valence electrons. The maximum Gasteiger partial charge on any atom is 0.422 e. The Hall–Kier alpha value is -4.48. The van der Waals surface area contributed by atoms with Crippen LogP contribution in [-0.4, -0.2) is 53.6 Å². The number of ether oxygens (including phenoxy) is 3. The number of aliphatic hydroxyl groups excluding tert-OH is 1. The lowest BCUT2D eigenvalue weighted by Crippen LogP contribution is -2.47. The number of carbonyl (C=O) groups excluding carboxylic acids is 4. The summed E-state index contributed by atoms with van der Waals surface area (Å²) in [6.45, 7) is 8.69. The van der Waals surface area contributed by atoms with Crippen LogP contribution in [0.15, 0.2) is 60.7 Å². The fourth-order valence-electron chi connectivity index (χ4n) is 4.11. The van der Waals surface area contributed by atoms with Crippen molar-refractivity contribution in [2.24, 2.45) is 0 Å². The predicted molar refractivity (Wildman–Crippen MR) is 162 cm³/mol. The van der Waals surface area contributed by atoms with Crippen LogP contribution in [0.2, 0.25) is 5.02 Å². The maximum atomic E-state index is 13.9. The minimum atomic E-state index is -1.50. The number of nitrogens with zero attached hydrogens (tertiary/aromatic N) is 1. The molecule has 0 aromatic heterocycles. The quantitative estimate of drug-likeness (QED) is 0.159. The zero-order valence-corrected chi connectivity index (χ0v) is 25.9. The molecule has 2 atom stereocenters. The van der Waals surface area contributed by atoms with Crippen molar-refractivity contribution < 1.29 is 42.9 Å². The molecule has 1 unspecified atom stereocenters. The van der Waals surface area contributed by atoms with E-state index in [-0.39, 0.29) is 27.7 Å². The number of rotatable bonds is 9. The number of anilines is 2. The Balaban J connectivity index is 1.86. The first-order chi connectivity index (χ1) is 20.6. The average Bonchev–Trinajstić information content (AvgIpc) is 2.92. The number of carbonyl (C=O) groups is 4. The molecule has 0 aliphatic carbocycles. The highest BCUT2D eigenvalue weighted by molar-refractivity contribution is 6.35. The Morgan fingerprint density at radius 2 is 1.64 bits per heavy atom. The molecule has 10 nitrogen and oxygen atoms in total. The number of benzene rings is 3. The lowest BCUT2D eigenvalue weighted by atomic mass is 9.99. The molecule has 0 aliphatic heterocycles. The van der Waals surface area contributed by atoms with Gasteiger partial charge in [0.05, 0.1) is 23.0 Å². The molecule has 0 spiro atoms. The number of halogens is 2. The molecule has 0 bridgehead atoms. The molecule has 0 fully saturated rings. The number of alkyl carbamates (subject to hydrolysis) is 1. The van der Waals surface area contributed by atoms with Gasteiger partial charge in [0.15, 0.2) is 11.8 Å². The number of esters is 1. The Labute approximate surface area is 259 Å². The van der Waals surface area contributed by atoms with E-state index in [9.17, 15) is 28.7 Å². The fraction of sp³-hybridized carbons (Fsp3) is 0.312. The standard InChI is InChI=1S/C32H34ClFN2O8/c1-18-9-7-8-10-23(18)28(38)24-13-12-22(16-25(24)33)36(27-14-11-21(34)15-19(27)2)31(41)43-20(3)42-29(39)26(17-37)35-30(40)44-32(4,5)6/h7-16,20,26,37H,17H2,1-6H3,(H,35,40)/t20?,26-/m0/s1. The Morgan fingerprint density at radius 1 is 0.955 bits per heavy atom. The molecule has 3 aromatic rings. The van der Waals surface area contributed by atoms with Crippen LogP contribution in [0.1, 0.15) is 54.7 Å². The van der Waals surface area contributed by atoms with Crippen LogP contribution in [0.25, 0.3) is 0 Å². The molecule has 0 heterocycles. The fourth-order valence-corrected chi connectivity index (χ4v) is 4.37. The summed E-state index contributed by atoms with van der Waals surface area (Å²) in [5.74, 6) is -1.94. The van der Waals surface area contributed by atoms with E-state index < -0.39 is 48.5 Å². The first kappa shape index (κ1) is 34.0. The van der Waals surface area contributed by atoms with Crippen molar-refractivity contribution in [2.45, 2.75) is 59.5 Å². The SMILES string of the molecule is Cc1ccccc1C(=O)c1ccc(N(C(=O)OC(C)OC(=O)[C@H](CO)NC(=O)OC(C)(C)C)c2ccc(F)cc2C)cc1Cl. The van der Waals surface area contributed by atoms with Gasteiger partial charge in [-0.05, 0) is 82.1 Å². The molecule has 3 aromatic carbocycles. The van der Waals surface area contributed by atoms with E-state index >= 15 is 0 Å². The molecule has 44 heavy (non-hydrogen) atoms. The van der Waals surface area contributed by atoms with Crippen molar-refractivity contribution in [3.05, 3.63) is 93.8 Å². The van der Waals surface area contributed by atoms with E-state index in [1.54, 1.807) is 52.8 Å². The van der Waals surface area contributed by atoms with Gasteiger partial charge < -0.3 is 24.6 Å². The number of amides is 2. The molecule has 2 amide bonds. The Kier molecular flexibility index (Phi) is 11.1. The van der Waals surface area contributed by atoms with Crippen LogP contribution < -0.4 is 10.2 Å². The Bertz CT molecular complexity index is 1560. The second kappa shape index (κ2) is 14.3.